The minimum atomic E-state index is 0.0875. The molecule has 0 aromatic heterocycles. The van der Waals surface area contributed by atoms with Crippen LogP contribution in [0.4, 0.5) is 0 Å². The van der Waals surface area contributed by atoms with Crippen molar-refractivity contribution in [2.75, 3.05) is 45.9 Å². The lowest BCUT2D eigenvalue weighted by Crippen LogP contribution is -3.28. The largest absolute Gasteiger partial charge is 0.488 e. The zero-order valence-corrected chi connectivity index (χ0v) is 17.4. The molecule has 1 heterocycles. The second-order valence-electron chi connectivity index (χ2n) is 7.14. The van der Waals surface area contributed by atoms with Crippen LogP contribution < -0.4 is 19.9 Å². The van der Waals surface area contributed by atoms with Crippen LogP contribution in [0.1, 0.15) is 5.56 Å². The third kappa shape index (κ3) is 6.99. The number of carbonyl (C=O) groups is 1. The molecular formula is C21H27Cl2N3O2+2. The fraction of sp³-hybridized carbons (Fsp3) is 0.381. The molecule has 0 spiro atoms. The minimum Gasteiger partial charge on any atom is -0.488 e. The van der Waals surface area contributed by atoms with Crippen LogP contribution in [-0.4, -0.2) is 51.8 Å². The van der Waals surface area contributed by atoms with E-state index in [0.717, 1.165) is 44.0 Å². The summed E-state index contributed by atoms with van der Waals surface area (Å²) in [4.78, 5) is 15.1. The molecule has 28 heavy (non-hydrogen) atoms. The highest BCUT2D eigenvalue weighted by Crippen LogP contribution is 2.15. The normalized spacial score (nSPS) is 19.2. The monoisotopic (exact) mass is 423 g/mol. The molecule has 3 N–H and O–H groups in total. The molecule has 0 atom stereocenters. The summed E-state index contributed by atoms with van der Waals surface area (Å²) < 4.78 is 5.78. The highest BCUT2D eigenvalue weighted by molar-refractivity contribution is 6.30. The Balaban J connectivity index is 1.30. The first-order valence-electron chi connectivity index (χ1n) is 9.65. The molecule has 7 heteroatoms. The van der Waals surface area contributed by atoms with Crippen molar-refractivity contribution in [3.63, 3.8) is 0 Å². The Labute approximate surface area is 176 Å². The Morgan fingerprint density at radius 2 is 1.68 bits per heavy atom. The number of rotatable bonds is 8. The van der Waals surface area contributed by atoms with Gasteiger partial charge in [-0.1, -0.05) is 35.3 Å². The van der Waals surface area contributed by atoms with Crippen molar-refractivity contribution >= 4 is 29.1 Å². The lowest BCUT2D eigenvalue weighted by Gasteiger charge is -2.29. The fourth-order valence-electron chi connectivity index (χ4n) is 3.37. The van der Waals surface area contributed by atoms with E-state index >= 15 is 0 Å². The number of amides is 1. The van der Waals surface area contributed by atoms with Gasteiger partial charge in [0, 0.05) is 16.6 Å². The third-order valence-electron chi connectivity index (χ3n) is 4.99. The molecule has 0 aliphatic carbocycles. The van der Waals surface area contributed by atoms with Crippen molar-refractivity contribution in [1.82, 2.24) is 5.32 Å². The summed E-state index contributed by atoms with van der Waals surface area (Å²) in [7, 11) is 0. The molecule has 0 unspecified atom stereocenters. The first-order chi connectivity index (χ1) is 13.6. The predicted octanol–water partition coefficient (Wildman–Crippen LogP) is 0.472. The molecule has 1 saturated heterocycles. The Morgan fingerprint density at radius 3 is 2.39 bits per heavy atom. The lowest BCUT2D eigenvalue weighted by molar-refractivity contribution is -1.01. The smallest absolute Gasteiger partial charge is 0.275 e. The third-order valence-corrected chi connectivity index (χ3v) is 5.48. The number of quaternary nitrogens is 2. The van der Waals surface area contributed by atoms with E-state index < -0.39 is 0 Å². The van der Waals surface area contributed by atoms with Crippen molar-refractivity contribution in [3.8, 4) is 5.75 Å². The van der Waals surface area contributed by atoms with E-state index in [1.165, 1.54) is 9.80 Å². The molecule has 1 amide bonds. The minimum absolute atomic E-state index is 0.0875. The highest BCUT2D eigenvalue weighted by Gasteiger charge is 2.24. The molecular weight excluding hydrogens is 397 g/mol. The van der Waals surface area contributed by atoms with Gasteiger partial charge in [-0.15, -0.1) is 0 Å². The number of carbonyl (C=O) groups excluding carboxylic acids is 1. The Hall–Kier alpha value is -1.79. The summed E-state index contributed by atoms with van der Waals surface area (Å²) in [6.07, 6.45) is 0. The van der Waals surface area contributed by atoms with Gasteiger partial charge in [-0.3, -0.25) is 4.79 Å². The molecule has 0 bridgehead atoms. The summed E-state index contributed by atoms with van der Waals surface area (Å²) in [5.74, 6) is 0.939. The molecule has 0 radical (unpaired) electrons. The standard InChI is InChI=1S/C21H25Cl2N3O2/c22-18-4-6-20(7-5-18)28-13-12-25-8-10-26(11-9-25)16-21(27)24-15-17-2-1-3-19(23)14-17/h1-7,14H,8-13,15-16H2,(H,24,27)/p+2. The van der Waals surface area contributed by atoms with Gasteiger partial charge in [0.25, 0.3) is 5.91 Å². The number of nitrogens with one attached hydrogen (secondary N) is 3. The Bertz CT molecular complexity index is 763. The molecule has 5 nitrogen and oxygen atoms in total. The molecule has 3 rings (SSSR count). The van der Waals surface area contributed by atoms with Crippen LogP contribution in [0.3, 0.4) is 0 Å². The van der Waals surface area contributed by atoms with E-state index in [2.05, 4.69) is 5.32 Å². The van der Waals surface area contributed by atoms with Gasteiger partial charge >= 0.3 is 0 Å². The van der Waals surface area contributed by atoms with Crippen molar-refractivity contribution in [3.05, 3.63) is 64.1 Å². The van der Waals surface area contributed by atoms with E-state index in [1.54, 1.807) is 0 Å². The van der Waals surface area contributed by atoms with Crippen molar-refractivity contribution in [2.24, 2.45) is 0 Å². The summed E-state index contributed by atoms with van der Waals surface area (Å²) in [6.45, 7) is 6.81. The van der Waals surface area contributed by atoms with E-state index in [0.29, 0.717) is 29.7 Å². The van der Waals surface area contributed by atoms with Crippen LogP contribution in [0.25, 0.3) is 0 Å². The summed E-state index contributed by atoms with van der Waals surface area (Å²) in [6, 6.07) is 15.0. The van der Waals surface area contributed by atoms with Gasteiger partial charge in [0.05, 0.1) is 0 Å². The maximum Gasteiger partial charge on any atom is 0.275 e. The van der Waals surface area contributed by atoms with Crippen molar-refractivity contribution < 1.29 is 19.3 Å². The number of ether oxygens (including phenoxy) is 1. The van der Waals surface area contributed by atoms with Crippen molar-refractivity contribution in [1.29, 1.82) is 0 Å². The zero-order chi connectivity index (χ0) is 19.8. The van der Waals surface area contributed by atoms with Crippen LogP contribution in [-0.2, 0) is 11.3 Å². The maximum atomic E-state index is 12.2. The van der Waals surface area contributed by atoms with Crippen LogP contribution in [0.5, 0.6) is 5.75 Å². The first-order valence-corrected chi connectivity index (χ1v) is 10.4. The van der Waals surface area contributed by atoms with Gasteiger partial charge in [0.2, 0.25) is 0 Å². The second-order valence-corrected chi connectivity index (χ2v) is 8.01. The second kappa shape index (κ2) is 10.7. The van der Waals surface area contributed by atoms with E-state index in [4.69, 9.17) is 27.9 Å². The molecule has 1 aliphatic heterocycles. The van der Waals surface area contributed by atoms with Gasteiger partial charge in [0.1, 0.15) is 45.1 Å². The summed E-state index contributed by atoms with van der Waals surface area (Å²) >= 11 is 11.9. The molecule has 1 aliphatic rings. The van der Waals surface area contributed by atoms with Crippen LogP contribution in [0.15, 0.2) is 48.5 Å². The average molecular weight is 424 g/mol. The van der Waals surface area contributed by atoms with E-state index in [9.17, 15) is 4.79 Å². The lowest BCUT2D eigenvalue weighted by atomic mass is 10.2. The predicted molar refractivity (Wildman–Crippen MR) is 111 cm³/mol. The van der Waals surface area contributed by atoms with Gasteiger partial charge in [-0.25, -0.2) is 0 Å². The molecule has 2 aromatic rings. The van der Waals surface area contributed by atoms with E-state index in [-0.39, 0.29) is 5.91 Å². The van der Waals surface area contributed by atoms with Crippen molar-refractivity contribution in [2.45, 2.75) is 6.54 Å². The molecule has 2 aromatic carbocycles. The number of benzene rings is 2. The average Bonchev–Trinajstić information content (AvgIpc) is 2.69. The van der Waals surface area contributed by atoms with Crippen LogP contribution in [0.2, 0.25) is 10.0 Å². The first kappa shape index (κ1) is 20.9. The summed E-state index contributed by atoms with van der Waals surface area (Å²) in [5.41, 5.74) is 1.02. The van der Waals surface area contributed by atoms with Gasteiger partial charge in [-0.2, -0.15) is 0 Å². The Morgan fingerprint density at radius 1 is 0.964 bits per heavy atom. The quantitative estimate of drug-likeness (QED) is 0.577. The molecule has 1 fully saturated rings. The van der Waals surface area contributed by atoms with Gasteiger partial charge in [0.15, 0.2) is 6.54 Å². The SMILES string of the molecule is O=C(C[NH+]1CC[NH+](CCOc2ccc(Cl)cc2)CC1)NCc1cccc(Cl)c1. The van der Waals surface area contributed by atoms with Gasteiger partial charge in [-0.05, 0) is 42.0 Å². The number of hydrogen-bond donors (Lipinski definition) is 3. The molecule has 0 saturated carbocycles. The zero-order valence-electron chi connectivity index (χ0n) is 15.8. The highest BCUT2D eigenvalue weighted by atomic mass is 35.5. The van der Waals surface area contributed by atoms with Gasteiger partial charge < -0.3 is 19.9 Å². The number of halogens is 2. The number of piperazine rings is 1. The summed E-state index contributed by atoms with van der Waals surface area (Å²) in [5, 5.41) is 4.39. The Kier molecular flexibility index (Phi) is 7.98. The maximum absolute atomic E-state index is 12.2. The topological polar surface area (TPSA) is 47.2 Å². The fourth-order valence-corrected chi connectivity index (χ4v) is 3.70. The van der Waals surface area contributed by atoms with E-state index in [1.807, 2.05) is 48.5 Å². The number of hydrogen-bond acceptors (Lipinski definition) is 2. The van der Waals surface area contributed by atoms with Crippen LogP contribution in [0, 0.1) is 0 Å². The molecule has 150 valence electrons. The van der Waals surface area contributed by atoms with Crippen LogP contribution >= 0.6 is 23.2 Å².